The Bertz CT molecular complexity index is 1330. The molecule has 36 heavy (non-hydrogen) atoms. The van der Waals surface area contributed by atoms with Gasteiger partial charge in [-0.05, 0) is 23.3 Å². The average molecular weight is 494 g/mol. The van der Waals surface area contributed by atoms with Gasteiger partial charge in [-0.15, -0.1) is 0 Å². The van der Waals surface area contributed by atoms with Crippen LogP contribution in [0.25, 0.3) is 0 Å². The van der Waals surface area contributed by atoms with Crippen LogP contribution in [-0.4, -0.2) is 49.5 Å². The monoisotopic (exact) mass is 493 g/mol. The number of nitrogens with one attached hydrogen (secondary N) is 1. The normalized spacial score (nSPS) is 12.8. The number of fused-ring (bicyclic) bond motifs is 1. The standard InChI is InChI=1S/C27H27NO8/c1-33-23(29)14-19(24-25(30)20(27(32)34-2)15-28-26(24)31)18-5-3-4-6-22(18)36-11-9-16-7-8-21-17(13-16)10-12-35-21/h3-8,13,15,19H,9-12,14H2,1-2H3,(H2,28,30,31)/t19-/m0/s1. The van der Waals surface area contributed by atoms with Crippen molar-refractivity contribution in [1.29, 1.82) is 0 Å². The van der Waals surface area contributed by atoms with Crippen molar-refractivity contribution in [2.24, 2.45) is 0 Å². The van der Waals surface area contributed by atoms with Crippen molar-refractivity contribution in [3.05, 3.63) is 86.8 Å². The highest BCUT2D eigenvalue weighted by Crippen LogP contribution is 2.38. The minimum absolute atomic E-state index is 0.155. The summed E-state index contributed by atoms with van der Waals surface area (Å²) in [5.41, 5.74) is 1.74. The molecule has 0 unspecified atom stereocenters. The Morgan fingerprint density at radius 1 is 1.14 bits per heavy atom. The Balaban J connectivity index is 1.65. The Morgan fingerprint density at radius 2 is 1.94 bits per heavy atom. The van der Waals surface area contributed by atoms with Crippen LogP contribution in [0.15, 0.2) is 53.5 Å². The zero-order valence-corrected chi connectivity index (χ0v) is 20.0. The lowest BCUT2D eigenvalue weighted by molar-refractivity contribution is -0.140. The van der Waals surface area contributed by atoms with Gasteiger partial charge < -0.3 is 29.0 Å². The number of pyridine rings is 1. The topological polar surface area (TPSA) is 124 Å². The fraction of sp³-hybridized carbons (Fsp3) is 0.296. The molecule has 0 aliphatic carbocycles. The molecule has 1 aliphatic rings. The van der Waals surface area contributed by atoms with Gasteiger partial charge in [-0.2, -0.15) is 0 Å². The van der Waals surface area contributed by atoms with Crippen LogP contribution in [0.3, 0.4) is 0 Å². The van der Waals surface area contributed by atoms with Gasteiger partial charge in [0.2, 0.25) is 0 Å². The van der Waals surface area contributed by atoms with Gasteiger partial charge in [0.05, 0.1) is 39.4 Å². The third-order valence-electron chi connectivity index (χ3n) is 6.15. The summed E-state index contributed by atoms with van der Waals surface area (Å²) in [4.78, 5) is 39.7. The van der Waals surface area contributed by atoms with Gasteiger partial charge in [-0.3, -0.25) is 9.59 Å². The average Bonchev–Trinajstić information content (AvgIpc) is 3.36. The summed E-state index contributed by atoms with van der Waals surface area (Å²) in [5, 5.41) is 10.9. The number of aromatic nitrogens is 1. The first-order valence-electron chi connectivity index (χ1n) is 11.5. The number of rotatable bonds is 9. The number of aromatic amines is 1. The zero-order valence-electron chi connectivity index (χ0n) is 20.0. The van der Waals surface area contributed by atoms with Crippen molar-refractivity contribution in [2.45, 2.75) is 25.2 Å². The van der Waals surface area contributed by atoms with Crippen LogP contribution < -0.4 is 15.0 Å². The molecule has 2 N–H and O–H groups in total. The van der Waals surface area contributed by atoms with Gasteiger partial charge in [0, 0.05) is 30.5 Å². The maximum absolute atomic E-state index is 12.8. The second kappa shape index (κ2) is 11.0. The third-order valence-corrected chi connectivity index (χ3v) is 6.15. The van der Waals surface area contributed by atoms with E-state index in [0.29, 0.717) is 30.9 Å². The van der Waals surface area contributed by atoms with E-state index < -0.39 is 29.2 Å². The molecule has 0 spiro atoms. The molecule has 0 radical (unpaired) electrons. The first-order chi connectivity index (χ1) is 17.4. The van der Waals surface area contributed by atoms with Crippen molar-refractivity contribution in [3.63, 3.8) is 0 Å². The number of methoxy groups -OCH3 is 2. The lowest BCUT2D eigenvalue weighted by Crippen LogP contribution is -2.22. The Hall–Kier alpha value is -4.27. The van der Waals surface area contributed by atoms with Crippen molar-refractivity contribution in [3.8, 4) is 17.2 Å². The number of carbonyl (C=O) groups excluding carboxylic acids is 2. The number of carbonyl (C=O) groups is 2. The minimum atomic E-state index is -0.945. The van der Waals surface area contributed by atoms with Crippen LogP contribution >= 0.6 is 0 Å². The fourth-order valence-electron chi connectivity index (χ4n) is 4.32. The number of hydrogen-bond donors (Lipinski definition) is 2. The molecule has 1 atom stereocenters. The highest BCUT2D eigenvalue weighted by Gasteiger charge is 2.30. The van der Waals surface area contributed by atoms with Crippen molar-refractivity contribution in [2.75, 3.05) is 27.4 Å². The Labute approximate surface area is 207 Å². The van der Waals surface area contributed by atoms with E-state index in [4.69, 9.17) is 18.9 Å². The molecular weight excluding hydrogens is 466 g/mol. The second-order valence-electron chi connectivity index (χ2n) is 8.30. The third kappa shape index (κ3) is 5.19. The Morgan fingerprint density at radius 3 is 2.72 bits per heavy atom. The first-order valence-corrected chi connectivity index (χ1v) is 11.5. The van der Waals surface area contributed by atoms with Crippen LogP contribution in [0.2, 0.25) is 0 Å². The van der Waals surface area contributed by atoms with E-state index in [1.165, 1.54) is 12.7 Å². The summed E-state index contributed by atoms with van der Waals surface area (Å²) < 4.78 is 21.2. The lowest BCUT2D eigenvalue weighted by atomic mass is 9.87. The number of para-hydroxylation sites is 1. The van der Waals surface area contributed by atoms with E-state index in [1.807, 2.05) is 12.1 Å². The maximum Gasteiger partial charge on any atom is 0.343 e. The van der Waals surface area contributed by atoms with Crippen LogP contribution in [0.4, 0.5) is 0 Å². The highest BCUT2D eigenvalue weighted by atomic mass is 16.5. The van der Waals surface area contributed by atoms with E-state index in [0.717, 1.165) is 31.0 Å². The molecule has 9 nitrogen and oxygen atoms in total. The molecule has 0 saturated carbocycles. The second-order valence-corrected chi connectivity index (χ2v) is 8.30. The SMILES string of the molecule is COC(=O)C[C@@H](c1ccccc1OCCc1ccc2c(c1)CCO2)c1c(O)c(C(=O)OC)c[nH]c1=O. The molecule has 0 bridgehead atoms. The van der Waals surface area contributed by atoms with E-state index in [9.17, 15) is 19.5 Å². The molecule has 3 aromatic rings. The van der Waals surface area contributed by atoms with E-state index in [1.54, 1.807) is 24.3 Å². The number of aromatic hydroxyl groups is 1. The van der Waals surface area contributed by atoms with Gasteiger partial charge in [-0.1, -0.05) is 30.3 Å². The smallest absolute Gasteiger partial charge is 0.343 e. The van der Waals surface area contributed by atoms with Crippen LogP contribution in [0.5, 0.6) is 17.2 Å². The zero-order chi connectivity index (χ0) is 25.7. The molecule has 2 heterocycles. The van der Waals surface area contributed by atoms with Gasteiger partial charge in [-0.25, -0.2) is 4.79 Å². The summed E-state index contributed by atoms with van der Waals surface area (Å²) in [5.74, 6) is -1.58. The molecule has 188 valence electrons. The summed E-state index contributed by atoms with van der Waals surface area (Å²) in [6.07, 6.45) is 2.33. The quantitative estimate of drug-likeness (QED) is 0.436. The molecule has 9 heteroatoms. The number of H-pyrrole nitrogens is 1. The van der Waals surface area contributed by atoms with Crippen molar-refractivity contribution in [1.82, 2.24) is 4.98 Å². The van der Waals surface area contributed by atoms with Crippen molar-refractivity contribution >= 4 is 11.9 Å². The molecule has 4 rings (SSSR count). The van der Waals surface area contributed by atoms with Crippen molar-refractivity contribution < 1.29 is 33.6 Å². The molecule has 0 saturated heterocycles. The summed E-state index contributed by atoms with van der Waals surface area (Å²) in [6, 6.07) is 13.0. The van der Waals surface area contributed by atoms with Crippen LogP contribution in [0.1, 0.15) is 45.0 Å². The molecule has 2 aromatic carbocycles. The highest BCUT2D eigenvalue weighted by molar-refractivity contribution is 5.92. The molecule has 0 amide bonds. The molecule has 0 fully saturated rings. The van der Waals surface area contributed by atoms with Crippen LogP contribution in [0, 0.1) is 0 Å². The van der Waals surface area contributed by atoms with E-state index in [-0.39, 0.29) is 17.5 Å². The van der Waals surface area contributed by atoms with E-state index >= 15 is 0 Å². The lowest BCUT2D eigenvalue weighted by Gasteiger charge is -2.21. The summed E-state index contributed by atoms with van der Waals surface area (Å²) in [7, 11) is 2.40. The number of benzene rings is 2. The molecular formula is C27H27NO8. The fourth-order valence-corrected chi connectivity index (χ4v) is 4.32. The summed E-state index contributed by atoms with van der Waals surface area (Å²) >= 11 is 0. The van der Waals surface area contributed by atoms with Gasteiger partial charge >= 0.3 is 11.9 Å². The number of hydrogen-bond acceptors (Lipinski definition) is 8. The summed E-state index contributed by atoms with van der Waals surface area (Å²) in [6.45, 7) is 1.03. The van der Waals surface area contributed by atoms with Gasteiger partial charge in [0.15, 0.2) is 0 Å². The van der Waals surface area contributed by atoms with Gasteiger partial charge in [0.25, 0.3) is 5.56 Å². The Kier molecular flexibility index (Phi) is 7.58. The minimum Gasteiger partial charge on any atom is -0.506 e. The number of esters is 2. The first kappa shape index (κ1) is 24.8. The molecule has 1 aromatic heterocycles. The molecule has 1 aliphatic heterocycles. The maximum atomic E-state index is 12.8. The predicted octanol–water partition coefficient (Wildman–Crippen LogP) is 3.12. The largest absolute Gasteiger partial charge is 0.506 e. The number of ether oxygens (including phenoxy) is 4. The van der Waals surface area contributed by atoms with Crippen LogP contribution in [-0.2, 0) is 27.1 Å². The predicted molar refractivity (Wildman–Crippen MR) is 130 cm³/mol. The van der Waals surface area contributed by atoms with E-state index in [2.05, 4.69) is 11.1 Å². The van der Waals surface area contributed by atoms with Gasteiger partial charge in [0.1, 0.15) is 22.8 Å².